The molecule has 3 heterocycles. The molecular weight excluding hydrogens is 709 g/mol. The van der Waals surface area contributed by atoms with Gasteiger partial charge in [0.15, 0.2) is 0 Å². The normalized spacial score (nSPS) is 11.9. The molecule has 0 atom stereocenters. The van der Waals surface area contributed by atoms with Crippen molar-refractivity contribution in [3.8, 4) is 44.8 Å². The van der Waals surface area contributed by atoms with Crippen molar-refractivity contribution in [3.05, 3.63) is 206 Å². The van der Waals surface area contributed by atoms with Crippen molar-refractivity contribution in [2.75, 3.05) is 0 Å². The topological polar surface area (TPSA) is 9.86 Å². The van der Waals surface area contributed by atoms with E-state index in [1.165, 1.54) is 103 Å². The van der Waals surface area contributed by atoms with E-state index < -0.39 is 0 Å². The third kappa shape index (κ3) is 4.96. The molecule has 0 radical (unpaired) electrons. The van der Waals surface area contributed by atoms with Crippen molar-refractivity contribution in [3.63, 3.8) is 0 Å². The van der Waals surface area contributed by atoms with E-state index in [0.717, 1.165) is 5.69 Å². The maximum Gasteiger partial charge on any atom is 0.0555 e. The third-order valence-electron chi connectivity index (χ3n) is 11.7. The van der Waals surface area contributed by atoms with E-state index in [1.54, 1.807) is 0 Å². The molecule has 0 unspecified atom stereocenters. The van der Waals surface area contributed by atoms with Crippen LogP contribution in [0.5, 0.6) is 0 Å². The molecule has 0 amide bonds. The second-order valence-corrected chi connectivity index (χ2v) is 16.0. The fraction of sp³-hybridized carbons (Fsp3) is 0. The highest BCUT2D eigenvalue weighted by Crippen LogP contribution is 2.44. The van der Waals surface area contributed by atoms with E-state index in [-0.39, 0.29) is 0 Å². The first-order valence-electron chi connectivity index (χ1n) is 19.5. The smallest absolute Gasteiger partial charge is 0.0555 e. The fourth-order valence-corrected chi connectivity index (χ4v) is 10.3. The summed E-state index contributed by atoms with van der Waals surface area (Å²) in [4.78, 5) is 0. The molecule has 0 N–H and O–H groups in total. The van der Waals surface area contributed by atoms with Gasteiger partial charge in [0.05, 0.1) is 27.8 Å². The van der Waals surface area contributed by atoms with E-state index >= 15 is 0 Å². The van der Waals surface area contributed by atoms with Gasteiger partial charge in [-0.2, -0.15) is 0 Å². The number of benzene rings is 9. The Bertz CT molecular complexity index is 3490. The molecule has 0 bridgehead atoms. The molecule has 0 saturated heterocycles. The Balaban J connectivity index is 1.07. The van der Waals surface area contributed by atoms with Crippen LogP contribution in [0.2, 0.25) is 0 Å². The van der Waals surface area contributed by atoms with E-state index in [9.17, 15) is 0 Å². The lowest BCUT2D eigenvalue weighted by atomic mass is 9.97. The summed E-state index contributed by atoms with van der Waals surface area (Å²) >= 11 is 1.87. The van der Waals surface area contributed by atoms with Crippen molar-refractivity contribution in [2.24, 2.45) is 0 Å². The highest BCUT2D eigenvalue weighted by molar-refractivity contribution is 7.25. The van der Waals surface area contributed by atoms with Crippen LogP contribution in [-0.2, 0) is 0 Å². The molecule has 12 rings (SSSR count). The van der Waals surface area contributed by atoms with Gasteiger partial charge in [-0.05, 0) is 100 Å². The van der Waals surface area contributed by atoms with Crippen LogP contribution in [0.25, 0.3) is 109 Å². The summed E-state index contributed by atoms with van der Waals surface area (Å²) in [6.07, 6.45) is 0. The quantitative estimate of drug-likeness (QED) is 0.166. The number of para-hydroxylation sites is 1. The van der Waals surface area contributed by atoms with Crippen LogP contribution in [0.4, 0.5) is 0 Å². The number of fused-ring (bicyclic) bond motifs is 9. The molecule has 0 spiro atoms. The van der Waals surface area contributed by atoms with Gasteiger partial charge in [0, 0.05) is 47.4 Å². The van der Waals surface area contributed by atoms with Gasteiger partial charge in [-0.15, -0.1) is 11.3 Å². The Labute approximate surface area is 333 Å². The average Bonchev–Trinajstić information content (AvgIpc) is 3.94. The number of aromatic nitrogens is 2. The Morgan fingerprint density at radius 1 is 0.298 bits per heavy atom. The Kier molecular flexibility index (Phi) is 7.13. The molecule has 2 nitrogen and oxygen atoms in total. The number of hydrogen-bond acceptors (Lipinski definition) is 1. The van der Waals surface area contributed by atoms with Gasteiger partial charge in [-0.25, -0.2) is 0 Å². The number of nitrogens with zero attached hydrogens (tertiary/aromatic N) is 2. The average molecular weight is 743 g/mol. The molecule has 3 heteroatoms. The van der Waals surface area contributed by atoms with Gasteiger partial charge in [-0.1, -0.05) is 140 Å². The van der Waals surface area contributed by atoms with Crippen molar-refractivity contribution in [1.82, 2.24) is 9.13 Å². The molecule has 0 fully saturated rings. The van der Waals surface area contributed by atoms with E-state index in [0.29, 0.717) is 0 Å². The Morgan fingerprint density at radius 2 is 0.860 bits per heavy atom. The predicted molar refractivity (Wildman–Crippen MR) is 244 cm³/mol. The lowest BCUT2D eigenvalue weighted by molar-refractivity contribution is 1.18. The molecule has 9 aromatic carbocycles. The van der Waals surface area contributed by atoms with Gasteiger partial charge >= 0.3 is 0 Å². The minimum atomic E-state index is 1.16. The van der Waals surface area contributed by atoms with E-state index in [4.69, 9.17) is 0 Å². The summed E-state index contributed by atoms with van der Waals surface area (Å²) in [6, 6.07) is 75.6. The number of rotatable bonds is 5. The van der Waals surface area contributed by atoms with Crippen LogP contribution in [-0.4, -0.2) is 9.13 Å². The monoisotopic (exact) mass is 742 g/mol. The zero-order chi connectivity index (χ0) is 37.5. The lowest BCUT2D eigenvalue weighted by Gasteiger charge is -2.11. The van der Waals surface area contributed by atoms with Gasteiger partial charge in [0.2, 0.25) is 0 Å². The maximum atomic E-state index is 2.50. The molecule has 57 heavy (non-hydrogen) atoms. The predicted octanol–water partition coefficient (Wildman–Crippen LogP) is 15.2. The first-order chi connectivity index (χ1) is 28.3. The zero-order valence-electron chi connectivity index (χ0n) is 30.9. The summed E-state index contributed by atoms with van der Waals surface area (Å²) < 4.78 is 7.52. The molecule has 0 aliphatic heterocycles. The maximum absolute atomic E-state index is 2.50. The third-order valence-corrected chi connectivity index (χ3v) is 12.9. The molecule has 0 aliphatic rings. The molecular formula is C54H34N2S. The van der Waals surface area contributed by atoms with E-state index in [2.05, 4.69) is 215 Å². The van der Waals surface area contributed by atoms with Crippen molar-refractivity contribution >= 4 is 75.1 Å². The molecule has 3 aromatic heterocycles. The largest absolute Gasteiger partial charge is 0.309 e. The SMILES string of the molecule is c1ccc(-c2ccc(-n3c4ccccc4c4cc(-c5ccc6c(c5)c5c(-c7ccccc7)cccc5n6-c5cccc6sc7ccccc7c56)ccc43)cc2)cc1. The van der Waals surface area contributed by atoms with Crippen LogP contribution in [0.3, 0.4) is 0 Å². The summed E-state index contributed by atoms with van der Waals surface area (Å²) in [6.45, 7) is 0. The number of thiophene rings is 1. The van der Waals surface area contributed by atoms with Crippen LogP contribution < -0.4 is 0 Å². The number of hydrogen-bond donors (Lipinski definition) is 0. The van der Waals surface area contributed by atoms with Crippen molar-refractivity contribution in [2.45, 2.75) is 0 Å². The van der Waals surface area contributed by atoms with Gasteiger partial charge < -0.3 is 9.13 Å². The minimum Gasteiger partial charge on any atom is -0.309 e. The van der Waals surface area contributed by atoms with Crippen molar-refractivity contribution < 1.29 is 0 Å². The first kappa shape index (κ1) is 32.1. The van der Waals surface area contributed by atoms with Crippen LogP contribution in [0.1, 0.15) is 0 Å². The summed E-state index contributed by atoms with van der Waals surface area (Å²) in [5.74, 6) is 0. The Hall–Kier alpha value is -7.20. The Morgan fingerprint density at radius 3 is 1.65 bits per heavy atom. The second-order valence-electron chi connectivity index (χ2n) is 14.9. The minimum absolute atomic E-state index is 1.16. The van der Waals surface area contributed by atoms with Crippen LogP contribution >= 0.6 is 11.3 Å². The molecule has 266 valence electrons. The fourth-order valence-electron chi connectivity index (χ4n) is 9.17. The van der Waals surface area contributed by atoms with Gasteiger partial charge in [0.25, 0.3) is 0 Å². The molecule has 12 aromatic rings. The van der Waals surface area contributed by atoms with Gasteiger partial charge in [0.1, 0.15) is 0 Å². The summed E-state index contributed by atoms with van der Waals surface area (Å²) in [7, 11) is 0. The van der Waals surface area contributed by atoms with Gasteiger partial charge in [-0.3, -0.25) is 0 Å². The molecule has 0 aliphatic carbocycles. The highest BCUT2D eigenvalue weighted by Gasteiger charge is 2.20. The van der Waals surface area contributed by atoms with Crippen molar-refractivity contribution in [1.29, 1.82) is 0 Å². The summed E-state index contributed by atoms with van der Waals surface area (Å²) in [5, 5.41) is 7.63. The van der Waals surface area contributed by atoms with Crippen LogP contribution in [0, 0.1) is 0 Å². The summed E-state index contributed by atoms with van der Waals surface area (Å²) in [5.41, 5.74) is 14.5. The first-order valence-corrected chi connectivity index (χ1v) is 20.3. The van der Waals surface area contributed by atoms with Crippen LogP contribution in [0.15, 0.2) is 206 Å². The van der Waals surface area contributed by atoms with E-state index in [1.807, 2.05) is 11.3 Å². The highest BCUT2D eigenvalue weighted by atomic mass is 32.1. The second kappa shape index (κ2) is 12.7. The standard InChI is InChI=1S/C54H34N2S/c1-3-13-35(14-4-1)36-25-29-40(30-26-36)55-46-20-9-7-17-42(46)44-33-38(27-31-47(44)55)39-28-32-48-45(34-39)53-41(37-15-5-2-6-16-37)19-11-21-49(53)56(48)50-22-12-24-52-54(50)43-18-8-10-23-51(43)57-52/h1-34H. The molecule has 0 saturated carbocycles. The lowest BCUT2D eigenvalue weighted by Crippen LogP contribution is -1.94. The zero-order valence-corrected chi connectivity index (χ0v) is 31.7.